The molecule has 2 rings (SSSR count). The molecule has 0 atom stereocenters. The first-order chi connectivity index (χ1) is 8.20. The van der Waals surface area contributed by atoms with Gasteiger partial charge >= 0.3 is 0 Å². The lowest BCUT2D eigenvalue weighted by Crippen LogP contribution is -2.17. The number of anilines is 2. The molecule has 0 aliphatic heterocycles. The molecule has 4 heteroatoms. The van der Waals surface area contributed by atoms with Gasteiger partial charge in [0.05, 0.1) is 0 Å². The Morgan fingerprint density at radius 2 is 1.76 bits per heavy atom. The lowest BCUT2D eigenvalue weighted by atomic mass is 10.2. The fourth-order valence-corrected chi connectivity index (χ4v) is 1.76. The zero-order valence-corrected chi connectivity index (χ0v) is 10.6. The average molecular weight is 248 g/mol. The van der Waals surface area contributed by atoms with Crippen molar-refractivity contribution in [3.05, 3.63) is 47.1 Å². The molecule has 0 spiro atoms. The molecule has 0 saturated carbocycles. The monoisotopic (exact) mass is 247 g/mol. The first-order valence-corrected chi connectivity index (χ1v) is 5.92. The molecule has 0 amide bonds. The van der Waals surface area contributed by atoms with E-state index in [0.717, 1.165) is 18.1 Å². The van der Waals surface area contributed by atoms with Gasteiger partial charge in [0, 0.05) is 12.2 Å². The number of benzene rings is 1. The quantitative estimate of drug-likeness (QED) is 0.830. The number of aromatic nitrogens is 2. The zero-order valence-electron chi connectivity index (χ0n) is 9.89. The van der Waals surface area contributed by atoms with E-state index in [1.807, 2.05) is 6.07 Å². The van der Waals surface area contributed by atoms with E-state index in [4.69, 9.17) is 11.6 Å². The topological polar surface area (TPSA) is 29.0 Å². The highest BCUT2D eigenvalue weighted by Crippen LogP contribution is 2.23. The minimum absolute atomic E-state index is 0.411. The summed E-state index contributed by atoms with van der Waals surface area (Å²) in [5, 5.41) is 8.37. The fourth-order valence-electron chi connectivity index (χ4n) is 1.65. The molecule has 0 aliphatic carbocycles. The van der Waals surface area contributed by atoms with E-state index in [1.165, 1.54) is 5.56 Å². The smallest absolute Gasteiger partial charge is 0.155 e. The van der Waals surface area contributed by atoms with Crippen LogP contribution in [0.4, 0.5) is 11.5 Å². The highest BCUT2D eigenvalue weighted by atomic mass is 35.5. The summed E-state index contributed by atoms with van der Waals surface area (Å²) in [7, 11) is 0. The molecule has 3 nitrogen and oxygen atoms in total. The van der Waals surface area contributed by atoms with Crippen molar-refractivity contribution in [2.45, 2.75) is 13.8 Å². The largest absolute Gasteiger partial charge is 0.325 e. The molecule has 1 aromatic heterocycles. The van der Waals surface area contributed by atoms with Gasteiger partial charge in [-0.3, -0.25) is 0 Å². The lowest BCUT2D eigenvalue weighted by Gasteiger charge is -2.21. The maximum atomic E-state index is 5.73. The third-order valence-corrected chi connectivity index (χ3v) is 2.76. The summed E-state index contributed by atoms with van der Waals surface area (Å²) >= 11 is 5.73. The third-order valence-electron chi connectivity index (χ3n) is 2.56. The molecule has 0 radical (unpaired) electrons. The van der Waals surface area contributed by atoms with Crippen molar-refractivity contribution in [1.29, 1.82) is 0 Å². The molecule has 0 unspecified atom stereocenters. The molecule has 1 aromatic carbocycles. The minimum atomic E-state index is 0.411. The molecule has 0 bridgehead atoms. The van der Waals surface area contributed by atoms with Gasteiger partial charge in [-0.05, 0) is 38.1 Å². The van der Waals surface area contributed by atoms with E-state index in [-0.39, 0.29) is 0 Å². The molecule has 0 fully saturated rings. The van der Waals surface area contributed by atoms with Crippen LogP contribution < -0.4 is 4.90 Å². The Labute approximate surface area is 106 Å². The summed E-state index contributed by atoms with van der Waals surface area (Å²) in [4.78, 5) is 2.09. The average Bonchev–Trinajstić information content (AvgIpc) is 2.35. The first kappa shape index (κ1) is 11.9. The van der Waals surface area contributed by atoms with Crippen LogP contribution in [0.1, 0.15) is 12.5 Å². The van der Waals surface area contributed by atoms with Crippen LogP contribution in [-0.4, -0.2) is 16.7 Å². The molecule has 1 heterocycles. The van der Waals surface area contributed by atoms with Gasteiger partial charge in [-0.15, -0.1) is 10.2 Å². The zero-order chi connectivity index (χ0) is 12.3. The van der Waals surface area contributed by atoms with Gasteiger partial charge in [-0.1, -0.05) is 29.3 Å². The Kier molecular flexibility index (Phi) is 3.59. The molecule has 0 aliphatic rings. The van der Waals surface area contributed by atoms with Crippen molar-refractivity contribution in [1.82, 2.24) is 10.2 Å². The summed E-state index contributed by atoms with van der Waals surface area (Å²) in [6, 6.07) is 12.0. The Morgan fingerprint density at radius 1 is 1.06 bits per heavy atom. The molecule has 0 saturated heterocycles. The second-order valence-corrected chi connectivity index (χ2v) is 4.18. The van der Waals surface area contributed by atoms with E-state index in [0.29, 0.717) is 5.15 Å². The van der Waals surface area contributed by atoms with Crippen LogP contribution in [0.3, 0.4) is 0 Å². The summed E-state index contributed by atoms with van der Waals surface area (Å²) in [6.07, 6.45) is 0. The van der Waals surface area contributed by atoms with Crippen LogP contribution in [0.15, 0.2) is 36.4 Å². The van der Waals surface area contributed by atoms with Gasteiger partial charge in [-0.25, -0.2) is 0 Å². The standard InChI is InChI=1S/C13H14ClN3/c1-3-17(11-6-4-10(2)5-7-11)13-9-8-12(14)15-16-13/h4-9H,3H2,1-2H3. The van der Waals surface area contributed by atoms with Crippen LogP contribution in [0, 0.1) is 6.92 Å². The van der Waals surface area contributed by atoms with Gasteiger partial charge in [0.25, 0.3) is 0 Å². The second-order valence-electron chi connectivity index (χ2n) is 3.79. The van der Waals surface area contributed by atoms with E-state index >= 15 is 0 Å². The van der Waals surface area contributed by atoms with Gasteiger partial charge in [-0.2, -0.15) is 0 Å². The molecule has 17 heavy (non-hydrogen) atoms. The van der Waals surface area contributed by atoms with Gasteiger partial charge in [0.1, 0.15) is 0 Å². The number of nitrogens with zero attached hydrogens (tertiary/aromatic N) is 3. The van der Waals surface area contributed by atoms with Gasteiger partial charge < -0.3 is 4.90 Å². The predicted molar refractivity (Wildman–Crippen MR) is 70.9 cm³/mol. The van der Waals surface area contributed by atoms with Crippen LogP contribution in [-0.2, 0) is 0 Å². The summed E-state index contributed by atoms with van der Waals surface area (Å²) in [5.74, 6) is 0.806. The van der Waals surface area contributed by atoms with Crippen LogP contribution >= 0.6 is 11.6 Å². The van der Waals surface area contributed by atoms with E-state index in [9.17, 15) is 0 Å². The second kappa shape index (κ2) is 5.15. The summed E-state index contributed by atoms with van der Waals surface area (Å²) in [5.41, 5.74) is 2.35. The number of hydrogen-bond donors (Lipinski definition) is 0. The maximum Gasteiger partial charge on any atom is 0.155 e. The van der Waals surface area contributed by atoms with Gasteiger partial charge in [0.2, 0.25) is 0 Å². The summed E-state index contributed by atoms with van der Waals surface area (Å²) < 4.78 is 0. The number of hydrogen-bond acceptors (Lipinski definition) is 3. The molecule has 0 N–H and O–H groups in total. The van der Waals surface area contributed by atoms with Crippen LogP contribution in [0.2, 0.25) is 5.15 Å². The van der Waals surface area contributed by atoms with Crippen molar-refractivity contribution in [2.75, 3.05) is 11.4 Å². The molecular weight excluding hydrogens is 234 g/mol. The van der Waals surface area contributed by atoms with Crippen LogP contribution in [0.5, 0.6) is 0 Å². The van der Waals surface area contributed by atoms with E-state index in [2.05, 4.69) is 53.2 Å². The maximum absolute atomic E-state index is 5.73. The Balaban J connectivity index is 2.33. The van der Waals surface area contributed by atoms with Crippen molar-refractivity contribution in [2.24, 2.45) is 0 Å². The van der Waals surface area contributed by atoms with Gasteiger partial charge in [0.15, 0.2) is 11.0 Å². The summed E-state index contributed by atoms with van der Waals surface area (Å²) in [6.45, 7) is 4.98. The highest BCUT2D eigenvalue weighted by molar-refractivity contribution is 6.29. The predicted octanol–water partition coefficient (Wildman–Crippen LogP) is 3.60. The lowest BCUT2D eigenvalue weighted by molar-refractivity contribution is 0.932. The number of rotatable bonds is 3. The fraction of sp³-hybridized carbons (Fsp3) is 0.231. The van der Waals surface area contributed by atoms with Crippen LogP contribution in [0.25, 0.3) is 0 Å². The Morgan fingerprint density at radius 3 is 2.29 bits per heavy atom. The Bertz CT molecular complexity index is 434. The molecular formula is C13H14ClN3. The normalized spacial score (nSPS) is 10.3. The van der Waals surface area contributed by atoms with Crippen molar-refractivity contribution < 1.29 is 0 Å². The van der Waals surface area contributed by atoms with Crippen molar-refractivity contribution in [3.8, 4) is 0 Å². The van der Waals surface area contributed by atoms with E-state index in [1.54, 1.807) is 6.07 Å². The molecule has 88 valence electrons. The number of aryl methyl sites for hydroxylation is 1. The SMILES string of the molecule is CCN(c1ccc(C)cc1)c1ccc(Cl)nn1. The third kappa shape index (κ3) is 2.74. The van der Waals surface area contributed by atoms with Crippen molar-refractivity contribution in [3.63, 3.8) is 0 Å². The Hall–Kier alpha value is -1.61. The van der Waals surface area contributed by atoms with E-state index < -0.39 is 0 Å². The minimum Gasteiger partial charge on any atom is -0.325 e. The molecule has 2 aromatic rings. The first-order valence-electron chi connectivity index (χ1n) is 5.54. The van der Waals surface area contributed by atoms with Crippen molar-refractivity contribution >= 4 is 23.1 Å². The number of halogens is 1. The highest BCUT2D eigenvalue weighted by Gasteiger charge is 2.08.